The molecule has 1 N–H and O–H groups in total. The van der Waals surface area contributed by atoms with E-state index in [2.05, 4.69) is 15.3 Å². The predicted molar refractivity (Wildman–Crippen MR) is 81.0 cm³/mol. The van der Waals surface area contributed by atoms with Gasteiger partial charge in [-0.3, -0.25) is 4.79 Å². The summed E-state index contributed by atoms with van der Waals surface area (Å²) in [5, 5.41) is 2.76. The van der Waals surface area contributed by atoms with E-state index in [-0.39, 0.29) is 12.0 Å². The predicted octanol–water partition coefficient (Wildman–Crippen LogP) is 2.21. The Bertz CT molecular complexity index is 669. The number of aryl methyl sites for hydroxylation is 1. The number of pyridine rings is 2. The standard InChI is InChI=1S/C16H17N3O3/c1-11-4-7-17-14(9-11)19-15(20)13-3-2-6-18-16(13)22-12-5-8-21-10-12/h2-4,6-7,9,12H,5,8,10H2,1H3,(H,17,19,20)/t12-/m0/s1. The van der Waals surface area contributed by atoms with Gasteiger partial charge in [-0.05, 0) is 36.8 Å². The van der Waals surface area contributed by atoms with Gasteiger partial charge in [0.15, 0.2) is 0 Å². The summed E-state index contributed by atoms with van der Waals surface area (Å²) in [6.45, 7) is 3.14. The SMILES string of the molecule is Cc1ccnc(NC(=O)c2cccnc2O[C@H]2CCOC2)c1. The number of amides is 1. The third kappa shape index (κ3) is 3.40. The molecule has 0 radical (unpaired) electrons. The molecule has 1 aliphatic heterocycles. The maximum absolute atomic E-state index is 12.4. The number of nitrogens with zero attached hydrogens (tertiary/aromatic N) is 2. The number of nitrogens with one attached hydrogen (secondary N) is 1. The number of rotatable bonds is 4. The molecule has 0 bridgehead atoms. The van der Waals surface area contributed by atoms with Gasteiger partial charge >= 0.3 is 0 Å². The van der Waals surface area contributed by atoms with Gasteiger partial charge in [-0.15, -0.1) is 0 Å². The molecular formula is C16H17N3O3. The Morgan fingerprint density at radius 1 is 1.36 bits per heavy atom. The van der Waals surface area contributed by atoms with Gasteiger partial charge in [-0.2, -0.15) is 0 Å². The van der Waals surface area contributed by atoms with Gasteiger partial charge in [0.2, 0.25) is 5.88 Å². The second-order valence-corrected chi connectivity index (χ2v) is 5.13. The first-order valence-corrected chi connectivity index (χ1v) is 7.16. The zero-order chi connectivity index (χ0) is 15.4. The molecule has 114 valence electrons. The van der Waals surface area contributed by atoms with E-state index in [0.717, 1.165) is 12.0 Å². The van der Waals surface area contributed by atoms with E-state index >= 15 is 0 Å². The summed E-state index contributed by atoms with van der Waals surface area (Å²) in [5.74, 6) is 0.535. The summed E-state index contributed by atoms with van der Waals surface area (Å²) in [6, 6.07) is 7.06. The molecule has 1 saturated heterocycles. The van der Waals surface area contributed by atoms with Crippen LogP contribution in [0.3, 0.4) is 0 Å². The number of carbonyl (C=O) groups excluding carboxylic acids is 1. The largest absolute Gasteiger partial charge is 0.471 e. The molecule has 22 heavy (non-hydrogen) atoms. The highest BCUT2D eigenvalue weighted by atomic mass is 16.5. The summed E-state index contributed by atoms with van der Waals surface area (Å²) >= 11 is 0. The van der Waals surface area contributed by atoms with Crippen LogP contribution in [0.25, 0.3) is 0 Å². The number of aromatic nitrogens is 2. The Labute approximate surface area is 128 Å². The van der Waals surface area contributed by atoms with Crippen molar-refractivity contribution >= 4 is 11.7 Å². The molecule has 1 atom stereocenters. The highest BCUT2D eigenvalue weighted by Gasteiger charge is 2.21. The Kier molecular flexibility index (Phi) is 4.29. The van der Waals surface area contributed by atoms with Gasteiger partial charge in [0.1, 0.15) is 17.5 Å². The first-order valence-electron chi connectivity index (χ1n) is 7.16. The van der Waals surface area contributed by atoms with Crippen molar-refractivity contribution in [3.63, 3.8) is 0 Å². The van der Waals surface area contributed by atoms with Crippen molar-refractivity contribution in [1.82, 2.24) is 9.97 Å². The van der Waals surface area contributed by atoms with Crippen LogP contribution in [-0.4, -0.2) is 35.2 Å². The minimum atomic E-state index is -0.292. The molecule has 3 heterocycles. The van der Waals surface area contributed by atoms with Crippen molar-refractivity contribution < 1.29 is 14.3 Å². The molecule has 3 rings (SSSR count). The van der Waals surface area contributed by atoms with Gasteiger partial charge in [0, 0.05) is 18.8 Å². The Balaban J connectivity index is 1.76. The molecule has 0 saturated carbocycles. The Morgan fingerprint density at radius 3 is 3.05 bits per heavy atom. The third-order valence-corrected chi connectivity index (χ3v) is 3.34. The van der Waals surface area contributed by atoms with Gasteiger partial charge < -0.3 is 14.8 Å². The van der Waals surface area contributed by atoms with Crippen LogP contribution in [0, 0.1) is 6.92 Å². The summed E-state index contributed by atoms with van der Waals surface area (Å²) < 4.78 is 11.0. The second-order valence-electron chi connectivity index (χ2n) is 5.13. The van der Waals surface area contributed by atoms with Crippen LogP contribution in [0.5, 0.6) is 5.88 Å². The van der Waals surface area contributed by atoms with Crippen molar-refractivity contribution in [2.24, 2.45) is 0 Å². The highest BCUT2D eigenvalue weighted by Crippen LogP contribution is 2.20. The minimum absolute atomic E-state index is 0.0569. The summed E-state index contributed by atoms with van der Waals surface area (Å²) in [7, 11) is 0. The lowest BCUT2D eigenvalue weighted by Crippen LogP contribution is -2.20. The van der Waals surface area contributed by atoms with E-state index in [9.17, 15) is 4.79 Å². The summed E-state index contributed by atoms with van der Waals surface area (Å²) in [5.41, 5.74) is 1.41. The van der Waals surface area contributed by atoms with E-state index in [1.54, 1.807) is 30.6 Å². The summed E-state index contributed by atoms with van der Waals surface area (Å²) in [4.78, 5) is 20.7. The molecule has 0 aliphatic carbocycles. The van der Waals surface area contributed by atoms with Crippen LogP contribution in [-0.2, 0) is 4.74 Å². The van der Waals surface area contributed by atoms with E-state index < -0.39 is 0 Å². The fourth-order valence-electron chi connectivity index (χ4n) is 2.21. The van der Waals surface area contributed by atoms with Gasteiger partial charge in [0.25, 0.3) is 5.91 Å². The summed E-state index contributed by atoms with van der Waals surface area (Å²) in [6.07, 6.45) is 4.00. The molecule has 2 aromatic rings. The molecule has 0 aromatic carbocycles. The quantitative estimate of drug-likeness (QED) is 0.937. The molecule has 2 aromatic heterocycles. The van der Waals surface area contributed by atoms with E-state index in [0.29, 0.717) is 30.5 Å². The van der Waals surface area contributed by atoms with Crippen LogP contribution >= 0.6 is 0 Å². The van der Waals surface area contributed by atoms with Crippen molar-refractivity contribution in [3.05, 3.63) is 47.8 Å². The monoisotopic (exact) mass is 299 g/mol. The van der Waals surface area contributed by atoms with Crippen LogP contribution < -0.4 is 10.1 Å². The Morgan fingerprint density at radius 2 is 2.27 bits per heavy atom. The van der Waals surface area contributed by atoms with E-state index in [1.807, 2.05) is 13.0 Å². The molecular weight excluding hydrogens is 282 g/mol. The Hall–Kier alpha value is -2.47. The van der Waals surface area contributed by atoms with Crippen LogP contribution in [0.15, 0.2) is 36.7 Å². The number of carbonyl (C=O) groups is 1. The fraction of sp³-hybridized carbons (Fsp3) is 0.312. The minimum Gasteiger partial charge on any atom is -0.471 e. The van der Waals surface area contributed by atoms with Gasteiger partial charge in [-0.1, -0.05) is 0 Å². The second kappa shape index (κ2) is 6.53. The maximum atomic E-state index is 12.4. The van der Waals surface area contributed by atoms with Crippen molar-refractivity contribution in [3.8, 4) is 5.88 Å². The molecule has 6 heteroatoms. The first-order chi connectivity index (χ1) is 10.7. The number of hydrogen-bond donors (Lipinski definition) is 1. The van der Waals surface area contributed by atoms with Crippen LogP contribution in [0.4, 0.5) is 5.82 Å². The zero-order valence-electron chi connectivity index (χ0n) is 12.3. The maximum Gasteiger partial charge on any atom is 0.262 e. The van der Waals surface area contributed by atoms with E-state index in [4.69, 9.17) is 9.47 Å². The highest BCUT2D eigenvalue weighted by molar-refractivity contribution is 6.05. The fourth-order valence-corrected chi connectivity index (χ4v) is 2.21. The lowest BCUT2D eigenvalue weighted by Gasteiger charge is -2.14. The average Bonchev–Trinajstić information content (AvgIpc) is 3.01. The number of ether oxygens (including phenoxy) is 2. The van der Waals surface area contributed by atoms with Crippen molar-refractivity contribution in [2.75, 3.05) is 18.5 Å². The van der Waals surface area contributed by atoms with Gasteiger partial charge in [-0.25, -0.2) is 9.97 Å². The van der Waals surface area contributed by atoms with Crippen molar-refractivity contribution in [1.29, 1.82) is 0 Å². The molecule has 6 nitrogen and oxygen atoms in total. The molecule has 0 unspecified atom stereocenters. The lowest BCUT2D eigenvalue weighted by atomic mass is 10.2. The lowest BCUT2D eigenvalue weighted by molar-refractivity contribution is 0.101. The van der Waals surface area contributed by atoms with Crippen molar-refractivity contribution in [2.45, 2.75) is 19.4 Å². The molecule has 1 aliphatic rings. The average molecular weight is 299 g/mol. The zero-order valence-corrected chi connectivity index (χ0v) is 12.3. The number of hydrogen-bond acceptors (Lipinski definition) is 5. The third-order valence-electron chi connectivity index (χ3n) is 3.34. The smallest absolute Gasteiger partial charge is 0.262 e. The van der Waals surface area contributed by atoms with Crippen LogP contribution in [0.1, 0.15) is 22.3 Å². The number of anilines is 1. The first kappa shape index (κ1) is 14.5. The molecule has 0 spiro atoms. The topological polar surface area (TPSA) is 73.3 Å². The normalized spacial score (nSPS) is 17.2. The molecule has 1 fully saturated rings. The van der Waals surface area contributed by atoms with E-state index in [1.165, 1.54) is 0 Å². The van der Waals surface area contributed by atoms with Gasteiger partial charge in [0.05, 0.1) is 13.2 Å². The van der Waals surface area contributed by atoms with Crippen LogP contribution in [0.2, 0.25) is 0 Å². The molecule has 1 amide bonds.